The number of ether oxygens (including phenoxy) is 1. The number of rotatable bonds is 8. The number of guanidine groups is 1. The Morgan fingerprint density at radius 3 is 2.60 bits per heavy atom. The fourth-order valence-corrected chi connectivity index (χ4v) is 3.43. The lowest BCUT2D eigenvalue weighted by atomic mass is 9.93. The Labute approximate surface area is 152 Å². The first-order chi connectivity index (χ1) is 12.3. The van der Waals surface area contributed by atoms with Gasteiger partial charge in [-0.05, 0) is 62.9 Å². The van der Waals surface area contributed by atoms with Crippen LogP contribution in [0.1, 0.15) is 31.7 Å². The zero-order chi connectivity index (χ0) is 17.9. The van der Waals surface area contributed by atoms with Gasteiger partial charge in [0.1, 0.15) is 5.75 Å². The molecule has 5 heteroatoms. The number of likely N-dealkylation sites (tertiary alicyclic amines) is 1. The second-order valence-electron chi connectivity index (χ2n) is 6.65. The largest absolute Gasteiger partial charge is 0.496 e. The molecule has 0 bridgehead atoms. The zero-order valence-corrected chi connectivity index (χ0v) is 16.1. The Hall–Kier alpha value is -1.75. The van der Waals surface area contributed by atoms with Crippen molar-refractivity contribution in [3.8, 4) is 5.75 Å². The second-order valence-corrected chi connectivity index (χ2v) is 6.65. The summed E-state index contributed by atoms with van der Waals surface area (Å²) in [5.74, 6) is 2.69. The lowest BCUT2D eigenvalue weighted by molar-refractivity contribution is 0.187. The van der Waals surface area contributed by atoms with Gasteiger partial charge in [0.05, 0.1) is 7.11 Å². The molecule has 1 saturated heterocycles. The van der Waals surface area contributed by atoms with Gasteiger partial charge in [0, 0.05) is 20.1 Å². The molecule has 1 aromatic rings. The number of para-hydroxylation sites is 1. The van der Waals surface area contributed by atoms with Crippen molar-refractivity contribution in [1.82, 2.24) is 15.5 Å². The van der Waals surface area contributed by atoms with Gasteiger partial charge in [-0.25, -0.2) is 0 Å². The summed E-state index contributed by atoms with van der Waals surface area (Å²) >= 11 is 0. The molecule has 0 amide bonds. The van der Waals surface area contributed by atoms with Crippen molar-refractivity contribution in [2.75, 3.05) is 46.9 Å². The molecule has 0 aliphatic carbocycles. The van der Waals surface area contributed by atoms with Crippen LogP contribution in [-0.4, -0.2) is 57.7 Å². The molecule has 1 aliphatic rings. The summed E-state index contributed by atoms with van der Waals surface area (Å²) in [6.07, 6.45) is 4.80. The number of benzene rings is 1. The van der Waals surface area contributed by atoms with Gasteiger partial charge in [0.15, 0.2) is 5.96 Å². The van der Waals surface area contributed by atoms with Crippen LogP contribution in [-0.2, 0) is 6.42 Å². The highest BCUT2D eigenvalue weighted by molar-refractivity contribution is 5.79. The van der Waals surface area contributed by atoms with E-state index >= 15 is 0 Å². The Kier molecular flexibility index (Phi) is 8.60. The fourth-order valence-electron chi connectivity index (χ4n) is 3.43. The van der Waals surface area contributed by atoms with E-state index in [4.69, 9.17) is 4.74 Å². The molecule has 0 radical (unpaired) electrons. The fraction of sp³-hybridized carbons (Fsp3) is 0.650. The van der Waals surface area contributed by atoms with E-state index in [1.54, 1.807) is 7.11 Å². The molecule has 5 nitrogen and oxygen atoms in total. The van der Waals surface area contributed by atoms with Gasteiger partial charge < -0.3 is 20.3 Å². The molecule has 1 heterocycles. The average Bonchev–Trinajstić information content (AvgIpc) is 2.67. The van der Waals surface area contributed by atoms with Gasteiger partial charge in [-0.15, -0.1) is 0 Å². The summed E-state index contributed by atoms with van der Waals surface area (Å²) in [6, 6.07) is 8.17. The van der Waals surface area contributed by atoms with E-state index in [1.807, 2.05) is 19.2 Å². The lowest BCUT2D eigenvalue weighted by Gasteiger charge is -2.31. The first-order valence-electron chi connectivity index (χ1n) is 9.55. The van der Waals surface area contributed by atoms with Crippen molar-refractivity contribution >= 4 is 5.96 Å². The summed E-state index contributed by atoms with van der Waals surface area (Å²) in [6.45, 7) is 7.79. The number of methoxy groups -OCH3 is 1. The van der Waals surface area contributed by atoms with Crippen LogP contribution < -0.4 is 15.4 Å². The molecule has 0 saturated carbocycles. The van der Waals surface area contributed by atoms with Crippen LogP contribution in [0.2, 0.25) is 0 Å². The minimum atomic E-state index is 0.842. The van der Waals surface area contributed by atoms with Crippen LogP contribution in [0.15, 0.2) is 29.3 Å². The quantitative estimate of drug-likeness (QED) is 0.561. The lowest BCUT2D eigenvalue weighted by Crippen LogP contribution is -2.40. The van der Waals surface area contributed by atoms with E-state index < -0.39 is 0 Å². The van der Waals surface area contributed by atoms with E-state index in [0.29, 0.717) is 0 Å². The van der Waals surface area contributed by atoms with E-state index in [2.05, 4.69) is 39.6 Å². The monoisotopic (exact) mass is 346 g/mol. The molecule has 0 unspecified atom stereocenters. The van der Waals surface area contributed by atoms with E-state index in [0.717, 1.165) is 37.1 Å². The minimum Gasteiger partial charge on any atom is -0.496 e. The topological polar surface area (TPSA) is 48.9 Å². The Bertz CT molecular complexity index is 524. The molecular weight excluding hydrogens is 312 g/mol. The first-order valence-corrected chi connectivity index (χ1v) is 9.55. The third-order valence-corrected chi connectivity index (χ3v) is 5.10. The van der Waals surface area contributed by atoms with E-state index in [9.17, 15) is 0 Å². The number of hydrogen-bond acceptors (Lipinski definition) is 3. The molecule has 1 aliphatic heterocycles. The summed E-state index contributed by atoms with van der Waals surface area (Å²) < 4.78 is 5.40. The number of nitrogens with one attached hydrogen (secondary N) is 2. The average molecular weight is 347 g/mol. The van der Waals surface area contributed by atoms with Crippen LogP contribution in [0.4, 0.5) is 0 Å². The Morgan fingerprint density at radius 1 is 1.20 bits per heavy atom. The molecule has 2 rings (SSSR count). The molecule has 25 heavy (non-hydrogen) atoms. The zero-order valence-electron chi connectivity index (χ0n) is 16.1. The molecule has 140 valence electrons. The van der Waals surface area contributed by atoms with Gasteiger partial charge in [-0.1, -0.05) is 25.1 Å². The maximum absolute atomic E-state index is 5.40. The van der Waals surface area contributed by atoms with Crippen LogP contribution in [0.3, 0.4) is 0 Å². The Balaban J connectivity index is 1.64. The number of aliphatic imine (C=N–C) groups is 1. The highest BCUT2D eigenvalue weighted by Gasteiger charge is 2.17. The molecule has 0 atom stereocenters. The molecular formula is C20H34N4O. The van der Waals surface area contributed by atoms with Crippen LogP contribution >= 0.6 is 0 Å². The summed E-state index contributed by atoms with van der Waals surface area (Å²) in [4.78, 5) is 6.87. The smallest absolute Gasteiger partial charge is 0.190 e. The van der Waals surface area contributed by atoms with Gasteiger partial charge >= 0.3 is 0 Å². The molecule has 2 N–H and O–H groups in total. The highest BCUT2D eigenvalue weighted by Crippen LogP contribution is 2.19. The molecule has 0 spiro atoms. The van der Waals surface area contributed by atoms with Gasteiger partial charge in [0.25, 0.3) is 0 Å². The van der Waals surface area contributed by atoms with E-state index in [1.165, 1.54) is 44.5 Å². The standard InChI is InChI=1S/C20H34N4O/c1-4-24-15-11-17(12-16-24)9-13-22-20(21-2)23-14-10-18-7-5-6-8-19(18)25-3/h5-8,17H,4,9-16H2,1-3H3,(H2,21,22,23). The predicted molar refractivity (Wildman–Crippen MR) is 106 cm³/mol. The third-order valence-electron chi connectivity index (χ3n) is 5.10. The molecule has 0 aromatic heterocycles. The minimum absolute atomic E-state index is 0.842. The number of nitrogens with zero attached hydrogens (tertiary/aromatic N) is 2. The Morgan fingerprint density at radius 2 is 1.92 bits per heavy atom. The van der Waals surface area contributed by atoms with E-state index in [-0.39, 0.29) is 0 Å². The van der Waals surface area contributed by atoms with Crippen molar-refractivity contribution in [2.24, 2.45) is 10.9 Å². The van der Waals surface area contributed by atoms with Gasteiger partial charge in [-0.2, -0.15) is 0 Å². The summed E-state index contributed by atoms with van der Waals surface area (Å²) in [5, 5.41) is 6.85. The molecule has 1 fully saturated rings. The van der Waals surface area contributed by atoms with Gasteiger partial charge in [-0.3, -0.25) is 4.99 Å². The highest BCUT2D eigenvalue weighted by atomic mass is 16.5. The first kappa shape index (κ1) is 19.6. The van der Waals surface area contributed by atoms with Crippen molar-refractivity contribution in [1.29, 1.82) is 0 Å². The van der Waals surface area contributed by atoms with Gasteiger partial charge in [0.2, 0.25) is 0 Å². The number of piperidine rings is 1. The SMILES string of the molecule is CCN1CCC(CCNC(=NC)NCCc2ccccc2OC)CC1. The van der Waals surface area contributed by atoms with Crippen molar-refractivity contribution in [3.05, 3.63) is 29.8 Å². The predicted octanol–water partition coefficient (Wildman–Crippen LogP) is 2.52. The maximum Gasteiger partial charge on any atom is 0.190 e. The van der Waals surface area contributed by atoms with Crippen molar-refractivity contribution in [2.45, 2.75) is 32.6 Å². The second kappa shape index (κ2) is 11.0. The van der Waals surface area contributed by atoms with Crippen LogP contribution in [0, 0.1) is 5.92 Å². The molecule has 1 aromatic carbocycles. The normalized spacial score (nSPS) is 16.7. The van der Waals surface area contributed by atoms with Crippen LogP contribution in [0.25, 0.3) is 0 Å². The summed E-state index contributed by atoms with van der Waals surface area (Å²) in [7, 11) is 3.55. The summed E-state index contributed by atoms with van der Waals surface area (Å²) in [5.41, 5.74) is 1.22. The third kappa shape index (κ3) is 6.58. The van der Waals surface area contributed by atoms with Crippen molar-refractivity contribution < 1.29 is 4.74 Å². The van der Waals surface area contributed by atoms with Crippen molar-refractivity contribution in [3.63, 3.8) is 0 Å². The maximum atomic E-state index is 5.40. The number of hydrogen-bond donors (Lipinski definition) is 2. The van der Waals surface area contributed by atoms with Crippen LogP contribution in [0.5, 0.6) is 5.75 Å².